The number of hydrogen-bond acceptors (Lipinski definition) is 3. The Morgan fingerprint density at radius 3 is 2.38 bits per heavy atom. The van der Waals surface area contributed by atoms with Crippen LogP contribution in [0, 0.1) is 5.41 Å². The smallest absolute Gasteiger partial charge is 0.246 e. The van der Waals surface area contributed by atoms with Gasteiger partial charge in [0.15, 0.2) is 5.79 Å². The predicted octanol–water partition coefficient (Wildman–Crippen LogP) is 2.31. The first kappa shape index (κ1) is 14.3. The van der Waals surface area contributed by atoms with Gasteiger partial charge >= 0.3 is 0 Å². The molecule has 4 nitrogen and oxygen atoms in total. The van der Waals surface area contributed by atoms with Crippen molar-refractivity contribution >= 4 is 12.0 Å². The second-order valence-corrected chi connectivity index (χ2v) is 6.42. The van der Waals surface area contributed by atoms with Crippen molar-refractivity contribution in [3.63, 3.8) is 0 Å². The van der Waals surface area contributed by atoms with Gasteiger partial charge in [0.05, 0.1) is 18.6 Å². The van der Waals surface area contributed by atoms with Gasteiger partial charge in [-0.25, -0.2) is 0 Å². The highest BCUT2D eigenvalue weighted by atomic mass is 16.7. The molecule has 1 spiro atoms. The van der Waals surface area contributed by atoms with E-state index in [9.17, 15) is 4.79 Å². The van der Waals surface area contributed by atoms with E-state index in [0.29, 0.717) is 26.3 Å². The van der Waals surface area contributed by atoms with Crippen molar-refractivity contribution in [3.8, 4) is 0 Å². The van der Waals surface area contributed by atoms with Gasteiger partial charge in [-0.3, -0.25) is 4.79 Å². The van der Waals surface area contributed by atoms with Crippen molar-refractivity contribution in [3.05, 3.63) is 42.0 Å². The van der Waals surface area contributed by atoms with E-state index in [1.807, 2.05) is 55.2 Å². The molecule has 2 heterocycles. The highest BCUT2D eigenvalue weighted by molar-refractivity contribution is 5.92. The van der Waals surface area contributed by atoms with Crippen LogP contribution in [0.5, 0.6) is 0 Å². The Morgan fingerprint density at radius 2 is 1.76 bits per heavy atom. The first-order chi connectivity index (χ1) is 9.98. The molecule has 0 aromatic heterocycles. The molecule has 0 saturated carbocycles. The minimum Gasteiger partial charge on any atom is -0.350 e. The van der Waals surface area contributed by atoms with Gasteiger partial charge in [0.1, 0.15) is 0 Å². The summed E-state index contributed by atoms with van der Waals surface area (Å²) in [5.41, 5.74) is 1.03. The Bertz CT molecular complexity index is 532. The summed E-state index contributed by atoms with van der Waals surface area (Å²) in [6, 6.07) is 9.84. The Kier molecular flexibility index (Phi) is 3.59. The molecule has 0 bridgehead atoms. The first-order valence-electron chi connectivity index (χ1n) is 7.28. The average Bonchev–Trinajstić information content (AvgIpc) is 2.44. The minimum atomic E-state index is -0.497. The Labute approximate surface area is 125 Å². The van der Waals surface area contributed by atoms with E-state index in [4.69, 9.17) is 9.47 Å². The van der Waals surface area contributed by atoms with Gasteiger partial charge in [-0.15, -0.1) is 0 Å². The number of carbonyl (C=O) groups excluding carboxylic acids is 1. The zero-order valence-corrected chi connectivity index (χ0v) is 12.5. The second kappa shape index (κ2) is 5.28. The van der Waals surface area contributed by atoms with E-state index < -0.39 is 5.79 Å². The lowest BCUT2D eigenvalue weighted by atomic mass is 9.80. The quantitative estimate of drug-likeness (QED) is 0.784. The maximum atomic E-state index is 12.1. The van der Waals surface area contributed by atoms with Crippen LogP contribution in [0.15, 0.2) is 36.4 Å². The maximum Gasteiger partial charge on any atom is 0.246 e. The molecule has 2 fully saturated rings. The fourth-order valence-corrected chi connectivity index (χ4v) is 2.68. The van der Waals surface area contributed by atoms with E-state index in [1.165, 1.54) is 0 Å². The Morgan fingerprint density at radius 1 is 1.14 bits per heavy atom. The molecule has 0 N–H and O–H groups in total. The predicted molar refractivity (Wildman–Crippen MR) is 80.5 cm³/mol. The standard InChI is InChI=1S/C17H21NO3/c1-16(2)20-12-17(13-21-16)10-18(11-17)15(19)9-8-14-6-4-3-5-7-14/h3-9H,10-13H2,1-2H3/b9-8+. The molecule has 2 aliphatic heterocycles. The molecule has 0 radical (unpaired) electrons. The third kappa shape index (κ3) is 3.17. The summed E-state index contributed by atoms with van der Waals surface area (Å²) >= 11 is 0. The molecule has 1 aromatic rings. The van der Waals surface area contributed by atoms with E-state index >= 15 is 0 Å². The molecule has 1 amide bonds. The average molecular weight is 287 g/mol. The molecule has 21 heavy (non-hydrogen) atoms. The summed E-state index contributed by atoms with van der Waals surface area (Å²) in [5.74, 6) is -0.447. The van der Waals surface area contributed by atoms with Crippen LogP contribution in [0.4, 0.5) is 0 Å². The zero-order valence-electron chi connectivity index (χ0n) is 12.5. The van der Waals surface area contributed by atoms with Crippen molar-refractivity contribution in [1.29, 1.82) is 0 Å². The molecule has 3 rings (SSSR count). The number of benzene rings is 1. The zero-order chi connectivity index (χ0) is 14.9. The highest BCUT2D eigenvalue weighted by Gasteiger charge is 2.49. The van der Waals surface area contributed by atoms with Crippen molar-refractivity contribution in [2.24, 2.45) is 5.41 Å². The molecule has 1 aromatic carbocycles. The monoisotopic (exact) mass is 287 g/mol. The number of nitrogens with zero attached hydrogens (tertiary/aromatic N) is 1. The molecule has 0 atom stereocenters. The molecule has 0 aliphatic carbocycles. The highest BCUT2D eigenvalue weighted by Crippen LogP contribution is 2.37. The third-order valence-electron chi connectivity index (χ3n) is 4.03. The topological polar surface area (TPSA) is 38.8 Å². The van der Waals surface area contributed by atoms with Gasteiger partial charge in [-0.05, 0) is 25.5 Å². The summed E-state index contributed by atoms with van der Waals surface area (Å²) in [7, 11) is 0. The van der Waals surface area contributed by atoms with Gasteiger partial charge in [0.25, 0.3) is 0 Å². The lowest BCUT2D eigenvalue weighted by molar-refractivity contribution is -0.302. The van der Waals surface area contributed by atoms with E-state index in [2.05, 4.69) is 0 Å². The molecule has 112 valence electrons. The van der Waals surface area contributed by atoms with Gasteiger partial charge in [0, 0.05) is 19.2 Å². The minimum absolute atomic E-state index is 0.00817. The van der Waals surface area contributed by atoms with Gasteiger partial charge in [0.2, 0.25) is 5.91 Å². The van der Waals surface area contributed by atoms with Crippen LogP contribution in [-0.2, 0) is 14.3 Å². The molecule has 0 unspecified atom stereocenters. The third-order valence-corrected chi connectivity index (χ3v) is 4.03. The molecule has 2 aliphatic rings. The molecule has 2 saturated heterocycles. The van der Waals surface area contributed by atoms with Crippen molar-refractivity contribution in [1.82, 2.24) is 4.90 Å². The first-order valence-corrected chi connectivity index (χ1v) is 7.28. The van der Waals surface area contributed by atoms with Crippen molar-refractivity contribution in [2.45, 2.75) is 19.6 Å². The Balaban J connectivity index is 1.52. The van der Waals surface area contributed by atoms with Crippen molar-refractivity contribution in [2.75, 3.05) is 26.3 Å². The number of carbonyl (C=O) groups is 1. The largest absolute Gasteiger partial charge is 0.350 e. The van der Waals surface area contributed by atoms with Crippen LogP contribution in [0.2, 0.25) is 0 Å². The second-order valence-electron chi connectivity index (χ2n) is 6.42. The van der Waals surface area contributed by atoms with Crippen LogP contribution in [0.3, 0.4) is 0 Å². The number of rotatable bonds is 2. The fourth-order valence-electron chi connectivity index (χ4n) is 2.68. The summed E-state index contributed by atoms with van der Waals surface area (Å²) in [4.78, 5) is 13.9. The van der Waals surface area contributed by atoms with Gasteiger partial charge < -0.3 is 14.4 Å². The number of ether oxygens (including phenoxy) is 2. The van der Waals surface area contributed by atoms with Gasteiger partial charge in [-0.1, -0.05) is 30.3 Å². The van der Waals surface area contributed by atoms with E-state index in [0.717, 1.165) is 5.56 Å². The van der Waals surface area contributed by atoms with E-state index in [1.54, 1.807) is 6.08 Å². The summed E-state index contributed by atoms with van der Waals surface area (Å²) < 4.78 is 11.4. The number of likely N-dealkylation sites (tertiary alicyclic amines) is 1. The summed E-state index contributed by atoms with van der Waals surface area (Å²) in [5, 5.41) is 0. The Hall–Kier alpha value is -1.65. The van der Waals surface area contributed by atoms with Crippen molar-refractivity contribution < 1.29 is 14.3 Å². The molecule has 4 heteroatoms. The lowest BCUT2D eigenvalue weighted by Gasteiger charge is -2.53. The van der Waals surface area contributed by atoms with Crippen LogP contribution in [0.25, 0.3) is 6.08 Å². The SMILES string of the molecule is CC1(C)OCC2(CO1)CN(C(=O)/C=C/c1ccccc1)C2. The van der Waals surface area contributed by atoms with Crippen LogP contribution >= 0.6 is 0 Å². The van der Waals surface area contributed by atoms with Crippen LogP contribution < -0.4 is 0 Å². The van der Waals surface area contributed by atoms with E-state index in [-0.39, 0.29) is 11.3 Å². The summed E-state index contributed by atoms with van der Waals surface area (Å²) in [6.07, 6.45) is 3.49. The van der Waals surface area contributed by atoms with Gasteiger partial charge in [-0.2, -0.15) is 0 Å². The number of hydrogen-bond donors (Lipinski definition) is 0. The maximum absolute atomic E-state index is 12.1. The fraction of sp³-hybridized carbons (Fsp3) is 0.471. The normalized spacial score (nSPS) is 23.2. The summed E-state index contributed by atoms with van der Waals surface area (Å²) in [6.45, 7) is 6.58. The number of amides is 1. The molecular formula is C17H21NO3. The molecular weight excluding hydrogens is 266 g/mol. The van der Waals surface area contributed by atoms with Crippen LogP contribution in [0.1, 0.15) is 19.4 Å². The van der Waals surface area contributed by atoms with Crippen LogP contribution in [-0.4, -0.2) is 42.9 Å². The lowest BCUT2D eigenvalue weighted by Crippen LogP contribution is -2.65.